The molecule has 5 aromatic rings. The number of H-pyrrole nitrogens is 1. The molecule has 4 aliphatic rings. The number of hydrogen-bond acceptors (Lipinski definition) is 9. The number of β-amino-alcohol motifs (C(OH)–C–C–N with tert-alkyl or cyclic N) is 1. The third-order valence-corrected chi connectivity index (χ3v) is 16.7. The second kappa shape index (κ2) is 26.4. The maximum Gasteiger partial charge on any atom is 0.246 e. The van der Waals surface area contributed by atoms with E-state index in [1.807, 2.05) is 41.4 Å². The molecule has 4 saturated heterocycles. The second-order valence-corrected chi connectivity index (χ2v) is 23.2. The van der Waals surface area contributed by atoms with Gasteiger partial charge in [0.2, 0.25) is 21.8 Å². The highest BCUT2D eigenvalue weighted by Gasteiger charge is 2.32. The number of carbonyl (C=O) groups excluding carboxylic acids is 2. The Kier molecular flexibility index (Phi) is 19.6. The highest BCUT2D eigenvalue weighted by molar-refractivity contribution is 7.92. The molecule has 1 aromatic heterocycles. The van der Waals surface area contributed by atoms with Crippen molar-refractivity contribution in [3.8, 4) is 5.75 Å². The van der Waals surface area contributed by atoms with Crippen molar-refractivity contribution in [3.63, 3.8) is 0 Å². The predicted molar refractivity (Wildman–Crippen MR) is 297 cm³/mol. The van der Waals surface area contributed by atoms with E-state index in [9.17, 15) is 37.0 Å². The molecule has 13 nitrogen and oxygen atoms in total. The third-order valence-electron chi connectivity index (χ3n) is 16.1. The van der Waals surface area contributed by atoms with Gasteiger partial charge in [-0.3, -0.25) is 14.3 Å². The molecule has 4 aromatic carbocycles. The normalized spacial score (nSPS) is 19.0. The Balaban J connectivity index is 0.000000204. The summed E-state index contributed by atoms with van der Waals surface area (Å²) in [5, 5.41) is 22.2. The number of anilines is 1. The van der Waals surface area contributed by atoms with Gasteiger partial charge in [0.1, 0.15) is 17.4 Å². The van der Waals surface area contributed by atoms with Gasteiger partial charge < -0.3 is 39.5 Å². The van der Waals surface area contributed by atoms with Gasteiger partial charge in [0.05, 0.1) is 19.5 Å². The van der Waals surface area contributed by atoms with Crippen molar-refractivity contribution in [1.82, 2.24) is 24.6 Å². The summed E-state index contributed by atoms with van der Waals surface area (Å²) in [5.41, 5.74) is 6.66. The van der Waals surface area contributed by atoms with Gasteiger partial charge in [0.15, 0.2) is 0 Å². The first-order valence-electron chi connectivity index (χ1n) is 27.0. The van der Waals surface area contributed by atoms with Gasteiger partial charge in [0, 0.05) is 86.9 Å². The molecule has 2 unspecified atom stereocenters. The van der Waals surface area contributed by atoms with Gasteiger partial charge in [0.25, 0.3) is 0 Å². The van der Waals surface area contributed by atoms with Gasteiger partial charge in [-0.25, -0.2) is 17.2 Å². The topological polar surface area (TPSA) is 159 Å². The van der Waals surface area contributed by atoms with E-state index < -0.39 is 27.8 Å². The first kappa shape index (κ1) is 56.3. The van der Waals surface area contributed by atoms with Gasteiger partial charge in [-0.05, 0) is 191 Å². The van der Waals surface area contributed by atoms with Gasteiger partial charge >= 0.3 is 0 Å². The van der Waals surface area contributed by atoms with Crippen molar-refractivity contribution in [3.05, 3.63) is 143 Å². The van der Waals surface area contributed by atoms with Crippen LogP contribution >= 0.6 is 0 Å². The smallest absolute Gasteiger partial charge is 0.246 e. The van der Waals surface area contributed by atoms with Crippen molar-refractivity contribution < 1.29 is 41.7 Å². The highest BCUT2D eigenvalue weighted by Crippen LogP contribution is 2.36. The quantitative estimate of drug-likeness (QED) is 0.0708. The van der Waals surface area contributed by atoms with Crippen LogP contribution in [0.1, 0.15) is 91.0 Å². The number of piperidine rings is 4. The summed E-state index contributed by atoms with van der Waals surface area (Å²) in [5.74, 6) is 1.23. The van der Waals surface area contributed by atoms with E-state index in [1.165, 1.54) is 41.0 Å². The number of aromatic nitrogens is 1. The first-order valence-corrected chi connectivity index (χ1v) is 28.9. The average molecular weight is 1060 g/mol. The number of aliphatic hydroxyl groups excluding tert-OH is 2. The third kappa shape index (κ3) is 15.8. The van der Waals surface area contributed by atoms with Crippen molar-refractivity contribution in [2.24, 2.45) is 17.8 Å². The minimum absolute atomic E-state index is 0.0890. The number of aryl methyl sites for hydroxylation is 1. The molecule has 4 fully saturated rings. The first-order chi connectivity index (χ1) is 36.6. The standard InChI is InChI=1S/C30H36F2N4O4S.C30H40N2O3/c1-41(39,40)34-25-3-4-28-26(17-25)27(18-33-28)21-6-10-35(11-7-21)19-29(37)22-8-12-36(13-9-22)30(38)5-2-20-14-23(31)16-24(32)15-20;1-23-4-3-5-24(20-23)6-11-30(34)32-18-14-27(15-19-32)28(22-33)21-31-16-12-26(13-17-31)25-7-9-29(35-2)10-8-25/h2-5,14-18,21-22,29,33-34,37H,6-13,19H2,1H3;3-11,20,26-28,33H,12-19,21-22H2,1-2H3/b5-2+;11-6+. The number of nitrogens with one attached hydrogen (secondary N) is 2. The molecular weight excluding hydrogens is 987 g/mol. The Morgan fingerprint density at radius 3 is 1.88 bits per heavy atom. The average Bonchev–Trinajstić information content (AvgIpc) is 3.84. The Labute approximate surface area is 447 Å². The van der Waals surface area contributed by atoms with Crippen LogP contribution in [-0.2, 0) is 19.6 Å². The number of halogens is 2. The molecule has 16 heteroatoms. The van der Waals surface area contributed by atoms with Crippen LogP contribution in [0.4, 0.5) is 14.5 Å². The lowest BCUT2D eigenvalue weighted by molar-refractivity contribution is -0.128. The number of methoxy groups -OCH3 is 1. The van der Waals surface area contributed by atoms with Crippen LogP contribution in [0, 0.1) is 36.3 Å². The fraction of sp³-hybridized carbons (Fsp3) is 0.467. The fourth-order valence-electron chi connectivity index (χ4n) is 11.7. The summed E-state index contributed by atoms with van der Waals surface area (Å²) in [6.07, 6.45) is 16.6. The molecular formula is C60H76F2N6O7S. The summed E-state index contributed by atoms with van der Waals surface area (Å²) in [6, 6.07) is 25.3. The van der Waals surface area contributed by atoms with Crippen LogP contribution in [-0.4, -0.2) is 147 Å². The number of benzene rings is 4. The monoisotopic (exact) mass is 1060 g/mol. The highest BCUT2D eigenvalue weighted by atomic mass is 32.2. The summed E-state index contributed by atoms with van der Waals surface area (Å²) in [6.45, 7) is 10.3. The predicted octanol–water partition coefficient (Wildman–Crippen LogP) is 9.05. The summed E-state index contributed by atoms with van der Waals surface area (Å²) in [4.78, 5) is 37.0. The number of aliphatic hydroxyl groups is 2. The van der Waals surface area contributed by atoms with E-state index in [-0.39, 0.29) is 30.3 Å². The number of aromatic amines is 1. The number of ether oxygens (including phenoxy) is 1. The summed E-state index contributed by atoms with van der Waals surface area (Å²) < 4.78 is 57.9. The van der Waals surface area contributed by atoms with Crippen molar-refractivity contribution in [1.29, 1.82) is 0 Å². The molecule has 2 amide bonds. The lowest BCUT2D eigenvalue weighted by atomic mass is 9.83. The SMILES string of the molecule is COc1ccc(C2CCN(CC(CO)C3CCN(C(=O)/C=C/c4cccc(C)c4)CC3)CC2)cc1.CS(=O)(=O)Nc1ccc2[nH]cc(C3CCN(CC(O)C4CCN(C(=O)/C=C/c5cc(F)cc(F)c5)CC4)CC3)c2c1. The molecule has 0 radical (unpaired) electrons. The lowest BCUT2D eigenvalue weighted by Gasteiger charge is -2.39. The minimum Gasteiger partial charge on any atom is -0.497 e. The maximum atomic E-state index is 13.4. The lowest BCUT2D eigenvalue weighted by Crippen LogP contribution is -2.45. The zero-order chi connectivity index (χ0) is 53.8. The van der Waals surface area contributed by atoms with E-state index in [1.54, 1.807) is 24.2 Å². The summed E-state index contributed by atoms with van der Waals surface area (Å²) in [7, 11) is -1.65. The van der Waals surface area contributed by atoms with Crippen molar-refractivity contribution in [2.45, 2.75) is 76.2 Å². The number of hydrogen-bond donors (Lipinski definition) is 4. The zero-order valence-electron chi connectivity index (χ0n) is 44.3. The van der Waals surface area contributed by atoms with Gasteiger partial charge in [-0.2, -0.15) is 0 Å². The molecule has 4 aliphatic heterocycles. The molecule has 9 rings (SSSR count). The number of sulfonamides is 1. The number of fused-ring (bicyclic) bond motifs is 1. The van der Waals surface area contributed by atoms with Crippen LogP contribution in [0.3, 0.4) is 0 Å². The van der Waals surface area contributed by atoms with Gasteiger partial charge in [-0.1, -0.05) is 42.0 Å². The van der Waals surface area contributed by atoms with Crippen LogP contribution in [0.5, 0.6) is 5.75 Å². The van der Waals surface area contributed by atoms with Crippen molar-refractivity contribution in [2.75, 3.05) is 90.1 Å². The largest absolute Gasteiger partial charge is 0.497 e. The molecule has 76 heavy (non-hydrogen) atoms. The number of likely N-dealkylation sites (tertiary alicyclic amines) is 4. The number of nitrogens with zero attached hydrogens (tertiary/aromatic N) is 4. The van der Waals surface area contributed by atoms with E-state index in [0.717, 1.165) is 119 Å². The van der Waals surface area contributed by atoms with E-state index >= 15 is 0 Å². The van der Waals surface area contributed by atoms with Gasteiger partial charge in [-0.15, -0.1) is 0 Å². The van der Waals surface area contributed by atoms with E-state index in [2.05, 4.69) is 62.8 Å². The molecule has 408 valence electrons. The number of carbonyl (C=O) groups is 2. The Morgan fingerprint density at radius 2 is 1.30 bits per heavy atom. The fourth-order valence-corrected chi connectivity index (χ4v) is 12.3. The van der Waals surface area contributed by atoms with E-state index in [4.69, 9.17) is 4.74 Å². The van der Waals surface area contributed by atoms with Crippen LogP contribution in [0.25, 0.3) is 23.1 Å². The molecule has 0 saturated carbocycles. The van der Waals surface area contributed by atoms with Crippen LogP contribution < -0.4 is 9.46 Å². The molecule has 0 bridgehead atoms. The minimum atomic E-state index is -3.35. The maximum absolute atomic E-state index is 13.4. The molecule has 4 N–H and O–H groups in total. The zero-order valence-corrected chi connectivity index (χ0v) is 45.1. The van der Waals surface area contributed by atoms with Crippen LogP contribution in [0.15, 0.2) is 103 Å². The molecule has 5 heterocycles. The van der Waals surface area contributed by atoms with Crippen LogP contribution in [0.2, 0.25) is 0 Å². The molecule has 2 atom stereocenters. The molecule has 0 spiro atoms. The molecule has 0 aliphatic carbocycles. The Bertz CT molecular complexity index is 2860. The Hall–Kier alpha value is -5.91. The number of amides is 2. The Morgan fingerprint density at radius 1 is 0.724 bits per heavy atom. The summed E-state index contributed by atoms with van der Waals surface area (Å²) >= 11 is 0. The van der Waals surface area contributed by atoms with E-state index in [0.29, 0.717) is 61.5 Å². The second-order valence-electron chi connectivity index (χ2n) is 21.4. The number of rotatable bonds is 16. The van der Waals surface area contributed by atoms with Crippen molar-refractivity contribution >= 4 is 50.6 Å².